The van der Waals surface area contributed by atoms with Crippen molar-refractivity contribution >= 4 is 23.4 Å². The molecule has 0 bridgehead atoms. The van der Waals surface area contributed by atoms with Crippen molar-refractivity contribution in [2.75, 3.05) is 13.2 Å². The van der Waals surface area contributed by atoms with Crippen molar-refractivity contribution in [1.82, 2.24) is 14.5 Å². The molecule has 1 amide bonds. The summed E-state index contributed by atoms with van der Waals surface area (Å²) in [6.45, 7) is 2.06. The first-order valence-corrected chi connectivity index (χ1v) is 6.29. The number of aromatic nitrogens is 2. The third kappa shape index (κ3) is 3.00. The zero-order valence-corrected chi connectivity index (χ0v) is 10.3. The van der Waals surface area contributed by atoms with Gasteiger partial charge in [-0.1, -0.05) is 4.49 Å². The van der Waals surface area contributed by atoms with Gasteiger partial charge in [0.1, 0.15) is 6.54 Å². The molecule has 1 saturated carbocycles. The molecule has 7 heteroatoms. The Bertz CT molecular complexity index is 403. The predicted octanol–water partition coefficient (Wildman–Crippen LogP) is 0.706. The molecule has 1 aliphatic carbocycles. The maximum atomic E-state index is 12.0. The van der Waals surface area contributed by atoms with E-state index in [1.165, 1.54) is 4.90 Å². The van der Waals surface area contributed by atoms with Crippen LogP contribution in [-0.4, -0.2) is 45.6 Å². The van der Waals surface area contributed by atoms with Crippen LogP contribution in [0.3, 0.4) is 0 Å². The van der Waals surface area contributed by atoms with Crippen molar-refractivity contribution in [3.05, 3.63) is 11.1 Å². The van der Waals surface area contributed by atoms with Crippen LogP contribution < -0.4 is 0 Å². The fourth-order valence-electron chi connectivity index (χ4n) is 1.50. The van der Waals surface area contributed by atoms with Gasteiger partial charge in [-0.25, -0.2) is 0 Å². The van der Waals surface area contributed by atoms with Crippen molar-refractivity contribution in [3.8, 4) is 0 Å². The third-order valence-corrected chi connectivity index (χ3v) is 2.94. The number of carbonyl (C=O) groups excluding carboxylic acids is 2. The van der Waals surface area contributed by atoms with Crippen molar-refractivity contribution in [2.45, 2.75) is 25.8 Å². The van der Waals surface area contributed by atoms with Gasteiger partial charge in [-0.05, 0) is 31.3 Å². The van der Waals surface area contributed by atoms with Crippen LogP contribution in [0.1, 0.15) is 30.3 Å². The highest BCUT2D eigenvalue weighted by molar-refractivity contribution is 7.03. The van der Waals surface area contributed by atoms with Gasteiger partial charge >= 0.3 is 5.97 Å². The van der Waals surface area contributed by atoms with E-state index in [9.17, 15) is 9.59 Å². The highest BCUT2D eigenvalue weighted by Gasteiger charge is 2.35. The van der Waals surface area contributed by atoms with Crippen LogP contribution in [0.25, 0.3) is 0 Å². The Kier molecular flexibility index (Phi) is 3.68. The van der Waals surface area contributed by atoms with E-state index in [4.69, 9.17) is 4.74 Å². The van der Waals surface area contributed by atoms with Gasteiger partial charge in [-0.2, -0.15) is 0 Å². The normalized spacial score (nSPS) is 14.4. The zero-order chi connectivity index (χ0) is 12.3. The summed E-state index contributed by atoms with van der Waals surface area (Å²) in [6, 6.07) is 0.147. The number of ether oxygens (including phenoxy) is 1. The van der Waals surface area contributed by atoms with E-state index >= 15 is 0 Å². The molecule has 17 heavy (non-hydrogen) atoms. The zero-order valence-electron chi connectivity index (χ0n) is 9.46. The molecule has 0 radical (unpaired) electrons. The average molecular weight is 255 g/mol. The summed E-state index contributed by atoms with van der Waals surface area (Å²) < 4.78 is 8.50. The molecule has 1 aliphatic rings. The first kappa shape index (κ1) is 12.0. The molecule has 1 aromatic rings. The summed E-state index contributed by atoms with van der Waals surface area (Å²) in [7, 11) is 0. The highest BCUT2D eigenvalue weighted by Crippen LogP contribution is 2.27. The second-order valence-electron chi connectivity index (χ2n) is 3.76. The fourth-order valence-corrected chi connectivity index (χ4v) is 1.93. The number of rotatable bonds is 5. The molecule has 0 saturated heterocycles. The van der Waals surface area contributed by atoms with E-state index in [0.29, 0.717) is 12.3 Å². The van der Waals surface area contributed by atoms with E-state index in [0.717, 1.165) is 24.4 Å². The van der Waals surface area contributed by atoms with Crippen LogP contribution in [0.15, 0.2) is 5.38 Å². The summed E-state index contributed by atoms with van der Waals surface area (Å²) in [5, 5.41) is 5.31. The van der Waals surface area contributed by atoms with Crippen LogP contribution in [0.2, 0.25) is 0 Å². The van der Waals surface area contributed by atoms with Gasteiger partial charge in [-0.3, -0.25) is 9.59 Å². The Hall–Kier alpha value is -1.50. The molecule has 6 nitrogen and oxygen atoms in total. The van der Waals surface area contributed by atoms with Crippen LogP contribution in [0.5, 0.6) is 0 Å². The molecule has 0 spiro atoms. The summed E-state index contributed by atoms with van der Waals surface area (Å²) in [6.07, 6.45) is 1.87. The number of hydrogen-bond acceptors (Lipinski definition) is 6. The van der Waals surface area contributed by atoms with E-state index < -0.39 is 0 Å². The van der Waals surface area contributed by atoms with Gasteiger partial charge in [0.15, 0.2) is 5.69 Å². The Morgan fingerprint density at radius 2 is 2.35 bits per heavy atom. The van der Waals surface area contributed by atoms with Gasteiger partial charge in [0.25, 0.3) is 5.91 Å². The Morgan fingerprint density at radius 3 is 2.88 bits per heavy atom. The summed E-state index contributed by atoms with van der Waals surface area (Å²) in [5.41, 5.74) is 0.297. The van der Waals surface area contributed by atoms with Gasteiger partial charge in [0.05, 0.1) is 6.61 Å². The minimum absolute atomic E-state index is 0.00509. The smallest absolute Gasteiger partial charge is 0.325 e. The van der Waals surface area contributed by atoms with Gasteiger partial charge in [-0.15, -0.1) is 5.10 Å². The van der Waals surface area contributed by atoms with Gasteiger partial charge in [0, 0.05) is 11.4 Å². The van der Waals surface area contributed by atoms with E-state index in [-0.39, 0.29) is 24.5 Å². The second-order valence-corrected chi connectivity index (χ2v) is 4.37. The summed E-state index contributed by atoms with van der Waals surface area (Å²) in [5.74, 6) is -0.620. The van der Waals surface area contributed by atoms with E-state index in [2.05, 4.69) is 9.59 Å². The highest BCUT2D eigenvalue weighted by atomic mass is 32.1. The minimum atomic E-state index is -0.379. The molecule has 1 aromatic heterocycles. The fraction of sp³-hybridized carbons (Fsp3) is 0.600. The van der Waals surface area contributed by atoms with Gasteiger partial charge in [0.2, 0.25) is 0 Å². The van der Waals surface area contributed by atoms with E-state index in [1.54, 1.807) is 12.3 Å². The average Bonchev–Trinajstić information content (AvgIpc) is 3.00. The van der Waals surface area contributed by atoms with Crippen molar-refractivity contribution < 1.29 is 14.3 Å². The largest absolute Gasteiger partial charge is 0.465 e. The lowest BCUT2D eigenvalue weighted by atomic mass is 10.3. The summed E-state index contributed by atoms with van der Waals surface area (Å²) in [4.78, 5) is 25.0. The first-order chi connectivity index (χ1) is 8.22. The molecule has 2 rings (SSSR count). The SMILES string of the molecule is CCOC(=O)CN(C(=O)c1csnn1)C1CC1. The monoisotopic (exact) mass is 255 g/mol. The lowest BCUT2D eigenvalue weighted by Gasteiger charge is -2.19. The number of hydrogen-bond donors (Lipinski definition) is 0. The lowest BCUT2D eigenvalue weighted by molar-refractivity contribution is -0.144. The van der Waals surface area contributed by atoms with Crippen molar-refractivity contribution in [3.63, 3.8) is 0 Å². The molecule has 0 atom stereocenters. The number of nitrogens with zero attached hydrogens (tertiary/aromatic N) is 3. The number of esters is 1. The van der Waals surface area contributed by atoms with Crippen molar-refractivity contribution in [1.29, 1.82) is 0 Å². The lowest BCUT2D eigenvalue weighted by Crippen LogP contribution is -2.38. The summed E-state index contributed by atoms with van der Waals surface area (Å²) >= 11 is 1.12. The predicted molar refractivity (Wildman–Crippen MR) is 60.6 cm³/mol. The van der Waals surface area contributed by atoms with E-state index in [1.807, 2.05) is 0 Å². The first-order valence-electron chi connectivity index (χ1n) is 5.46. The number of carbonyl (C=O) groups is 2. The van der Waals surface area contributed by atoms with Crippen LogP contribution in [-0.2, 0) is 9.53 Å². The third-order valence-electron chi connectivity index (χ3n) is 2.43. The maximum Gasteiger partial charge on any atom is 0.325 e. The topological polar surface area (TPSA) is 72.4 Å². The Morgan fingerprint density at radius 1 is 1.59 bits per heavy atom. The molecular weight excluding hydrogens is 242 g/mol. The quantitative estimate of drug-likeness (QED) is 0.724. The van der Waals surface area contributed by atoms with Crippen molar-refractivity contribution in [2.24, 2.45) is 0 Å². The molecule has 92 valence electrons. The molecule has 0 aromatic carbocycles. The Labute approximate surface area is 103 Å². The second kappa shape index (κ2) is 5.22. The number of amides is 1. The molecule has 1 fully saturated rings. The molecule has 1 heterocycles. The molecule has 0 aliphatic heterocycles. The molecule has 0 N–H and O–H groups in total. The minimum Gasteiger partial charge on any atom is -0.465 e. The van der Waals surface area contributed by atoms with Crippen LogP contribution in [0, 0.1) is 0 Å². The van der Waals surface area contributed by atoms with Crippen LogP contribution in [0.4, 0.5) is 0 Å². The Balaban J connectivity index is 2.02. The molecule has 0 unspecified atom stereocenters. The maximum absolute atomic E-state index is 12.0. The molecular formula is C10H13N3O3S. The standard InChI is InChI=1S/C10H13N3O3S/c1-2-16-9(14)5-13(7-3-4-7)10(15)8-6-17-12-11-8/h6-7H,2-5H2,1H3. The van der Waals surface area contributed by atoms with Crippen LogP contribution >= 0.6 is 11.5 Å². The van der Waals surface area contributed by atoms with Gasteiger partial charge < -0.3 is 9.64 Å².